The van der Waals surface area contributed by atoms with E-state index in [-0.39, 0.29) is 37.1 Å². The van der Waals surface area contributed by atoms with Crippen LogP contribution in [0.2, 0.25) is 0 Å². The highest BCUT2D eigenvalue weighted by molar-refractivity contribution is 6.03. The molecule has 0 bridgehead atoms. The number of amides is 2. The molecular weight excluding hydrogens is 330 g/mol. The normalized spacial score (nSPS) is 17.0. The van der Waals surface area contributed by atoms with E-state index in [9.17, 15) is 18.4 Å². The van der Waals surface area contributed by atoms with Gasteiger partial charge in [-0.2, -0.15) is 0 Å². The minimum Gasteiger partial charge on any atom is -0.392 e. The molecule has 3 rings (SSSR count). The Morgan fingerprint density at radius 2 is 1.92 bits per heavy atom. The molecule has 0 aromatic heterocycles. The fourth-order valence-electron chi connectivity index (χ4n) is 2.82. The van der Waals surface area contributed by atoms with Crippen LogP contribution in [-0.4, -0.2) is 23.5 Å². The van der Waals surface area contributed by atoms with Crippen molar-refractivity contribution in [2.45, 2.75) is 13.0 Å². The summed E-state index contributed by atoms with van der Waals surface area (Å²) < 4.78 is 26.7. The van der Waals surface area contributed by atoms with Gasteiger partial charge in [-0.15, -0.1) is 0 Å². The molecule has 1 aliphatic rings. The molecule has 2 N–H and O–H groups in total. The first kappa shape index (κ1) is 17.0. The maximum Gasteiger partial charge on any atom is 0.229 e. The first-order valence-electron chi connectivity index (χ1n) is 7.73. The number of hydrogen-bond acceptors (Lipinski definition) is 3. The second-order valence-corrected chi connectivity index (χ2v) is 5.88. The van der Waals surface area contributed by atoms with Gasteiger partial charge < -0.3 is 15.3 Å². The van der Waals surface area contributed by atoms with E-state index in [1.165, 1.54) is 4.90 Å². The lowest BCUT2D eigenvalue weighted by atomic mass is 10.1. The summed E-state index contributed by atoms with van der Waals surface area (Å²) in [5, 5.41) is 11.8. The Balaban J connectivity index is 1.72. The first-order valence-corrected chi connectivity index (χ1v) is 7.73. The highest BCUT2D eigenvalue weighted by Crippen LogP contribution is 2.27. The van der Waals surface area contributed by atoms with E-state index in [2.05, 4.69) is 5.32 Å². The third-order valence-corrected chi connectivity index (χ3v) is 4.03. The highest BCUT2D eigenvalue weighted by atomic mass is 19.1. The number of rotatable bonds is 4. The largest absolute Gasteiger partial charge is 0.392 e. The molecule has 1 fully saturated rings. The summed E-state index contributed by atoms with van der Waals surface area (Å²) in [6.45, 7) is -0.0994. The standard InChI is InChI=1S/C18H16F2N2O3/c19-13-6-14(20)8-16(7-13)22-9-12(5-17(22)24)18(25)21-15-3-1-2-11(4-15)10-23/h1-4,6-8,12,23H,5,9-10H2,(H,21,25). The Labute approximate surface area is 142 Å². The van der Waals surface area contributed by atoms with E-state index in [4.69, 9.17) is 5.11 Å². The van der Waals surface area contributed by atoms with Gasteiger partial charge >= 0.3 is 0 Å². The van der Waals surface area contributed by atoms with E-state index in [1.807, 2.05) is 0 Å². The zero-order valence-corrected chi connectivity index (χ0v) is 13.2. The Morgan fingerprint density at radius 3 is 2.60 bits per heavy atom. The number of anilines is 2. The topological polar surface area (TPSA) is 69.6 Å². The fourth-order valence-corrected chi connectivity index (χ4v) is 2.82. The molecule has 0 radical (unpaired) electrons. The van der Waals surface area contributed by atoms with Crippen LogP contribution in [0.1, 0.15) is 12.0 Å². The van der Waals surface area contributed by atoms with Crippen molar-refractivity contribution in [3.8, 4) is 0 Å². The first-order chi connectivity index (χ1) is 12.0. The third kappa shape index (κ3) is 3.83. The summed E-state index contributed by atoms with van der Waals surface area (Å²) >= 11 is 0. The number of hydrogen-bond donors (Lipinski definition) is 2. The summed E-state index contributed by atoms with van der Waals surface area (Å²) in [5.41, 5.74) is 1.26. The van der Waals surface area contributed by atoms with Gasteiger partial charge in [0.2, 0.25) is 11.8 Å². The van der Waals surface area contributed by atoms with Gasteiger partial charge in [0.1, 0.15) is 11.6 Å². The van der Waals surface area contributed by atoms with Crippen LogP contribution in [0.15, 0.2) is 42.5 Å². The minimum atomic E-state index is -0.781. The molecule has 130 valence electrons. The molecule has 5 nitrogen and oxygen atoms in total. The molecule has 0 spiro atoms. The number of aliphatic hydroxyl groups excluding tert-OH is 1. The number of carbonyl (C=O) groups is 2. The zero-order chi connectivity index (χ0) is 18.0. The zero-order valence-electron chi connectivity index (χ0n) is 13.2. The second-order valence-electron chi connectivity index (χ2n) is 5.88. The molecule has 0 saturated carbocycles. The smallest absolute Gasteiger partial charge is 0.229 e. The summed E-state index contributed by atoms with van der Waals surface area (Å²) in [4.78, 5) is 25.7. The molecule has 2 aromatic carbocycles. The molecule has 1 atom stereocenters. The van der Waals surface area contributed by atoms with E-state index in [1.54, 1.807) is 24.3 Å². The third-order valence-electron chi connectivity index (χ3n) is 4.03. The van der Waals surface area contributed by atoms with Crippen LogP contribution in [0.25, 0.3) is 0 Å². The summed E-state index contributed by atoms with van der Waals surface area (Å²) in [6.07, 6.45) is -0.0380. The molecule has 1 unspecified atom stereocenters. The van der Waals surface area contributed by atoms with Crippen molar-refractivity contribution in [2.75, 3.05) is 16.8 Å². The van der Waals surface area contributed by atoms with Gasteiger partial charge in [-0.05, 0) is 29.8 Å². The predicted molar refractivity (Wildman–Crippen MR) is 87.8 cm³/mol. The Morgan fingerprint density at radius 1 is 1.20 bits per heavy atom. The van der Waals surface area contributed by atoms with E-state index < -0.39 is 17.6 Å². The van der Waals surface area contributed by atoms with E-state index in [0.29, 0.717) is 11.3 Å². The van der Waals surface area contributed by atoms with Crippen LogP contribution in [-0.2, 0) is 16.2 Å². The van der Waals surface area contributed by atoms with E-state index >= 15 is 0 Å². The van der Waals surface area contributed by atoms with Crippen LogP contribution in [0, 0.1) is 17.6 Å². The summed E-state index contributed by atoms with van der Waals surface area (Å²) in [6, 6.07) is 9.57. The maximum absolute atomic E-state index is 13.3. The van der Waals surface area contributed by atoms with Crippen LogP contribution in [0.5, 0.6) is 0 Å². The molecule has 7 heteroatoms. The number of aliphatic hydroxyl groups is 1. The van der Waals surface area contributed by atoms with Gasteiger partial charge in [-0.1, -0.05) is 12.1 Å². The lowest BCUT2D eigenvalue weighted by Crippen LogP contribution is -2.28. The van der Waals surface area contributed by atoms with Gasteiger partial charge in [0.05, 0.1) is 12.5 Å². The Kier molecular flexibility index (Phi) is 4.76. The SMILES string of the molecule is O=C(Nc1cccc(CO)c1)C1CC(=O)N(c2cc(F)cc(F)c2)C1. The van der Waals surface area contributed by atoms with Crippen molar-refractivity contribution >= 4 is 23.2 Å². The van der Waals surface area contributed by atoms with Gasteiger partial charge in [0.15, 0.2) is 0 Å². The predicted octanol–water partition coefficient (Wildman–Crippen LogP) is 2.45. The molecule has 2 amide bonds. The minimum absolute atomic E-state index is 0.0380. The average Bonchev–Trinajstić information content (AvgIpc) is 2.96. The molecule has 25 heavy (non-hydrogen) atoms. The van der Waals surface area contributed by atoms with Gasteiger partial charge in [0.25, 0.3) is 0 Å². The number of nitrogens with one attached hydrogen (secondary N) is 1. The van der Waals surface area contributed by atoms with Crippen molar-refractivity contribution in [2.24, 2.45) is 5.92 Å². The van der Waals surface area contributed by atoms with Crippen LogP contribution < -0.4 is 10.2 Å². The van der Waals surface area contributed by atoms with Crippen molar-refractivity contribution in [1.29, 1.82) is 0 Å². The molecular formula is C18H16F2N2O3. The van der Waals surface area contributed by atoms with Gasteiger partial charge in [0, 0.05) is 30.4 Å². The number of benzene rings is 2. The van der Waals surface area contributed by atoms with Crippen LogP contribution in [0.4, 0.5) is 20.2 Å². The number of halogens is 2. The molecule has 1 heterocycles. The lowest BCUT2D eigenvalue weighted by molar-refractivity contribution is -0.122. The average molecular weight is 346 g/mol. The molecule has 1 saturated heterocycles. The quantitative estimate of drug-likeness (QED) is 0.893. The number of nitrogens with zero attached hydrogens (tertiary/aromatic N) is 1. The van der Waals surface area contributed by atoms with Crippen molar-refractivity contribution in [1.82, 2.24) is 0 Å². The molecule has 1 aliphatic heterocycles. The Hall–Kier alpha value is -2.80. The monoisotopic (exact) mass is 346 g/mol. The second kappa shape index (κ2) is 6.98. The van der Waals surface area contributed by atoms with Gasteiger partial charge in [-0.25, -0.2) is 8.78 Å². The van der Waals surface area contributed by atoms with Crippen molar-refractivity contribution in [3.05, 3.63) is 59.7 Å². The Bertz CT molecular complexity index is 805. The van der Waals surface area contributed by atoms with Gasteiger partial charge in [-0.3, -0.25) is 9.59 Å². The molecule has 0 aliphatic carbocycles. The maximum atomic E-state index is 13.3. The highest BCUT2D eigenvalue weighted by Gasteiger charge is 2.35. The summed E-state index contributed by atoms with van der Waals surface area (Å²) in [7, 11) is 0. The van der Waals surface area contributed by atoms with Crippen molar-refractivity contribution in [3.63, 3.8) is 0 Å². The van der Waals surface area contributed by atoms with Crippen LogP contribution >= 0.6 is 0 Å². The summed E-state index contributed by atoms with van der Waals surface area (Å²) in [5.74, 6) is -2.92. The number of carbonyl (C=O) groups excluding carboxylic acids is 2. The fraction of sp³-hybridized carbons (Fsp3) is 0.222. The van der Waals surface area contributed by atoms with E-state index in [0.717, 1.165) is 18.2 Å². The molecule has 2 aromatic rings. The van der Waals surface area contributed by atoms with Crippen LogP contribution in [0.3, 0.4) is 0 Å². The van der Waals surface area contributed by atoms with Crippen molar-refractivity contribution < 1.29 is 23.5 Å². The lowest BCUT2D eigenvalue weighted by Gasteiger charge is -2.17.